The Morgan fingerprint density at radius 2 is 1.89 bits per heavy atom. The zero-order valence-corrected chi connectivity index (χ0v) is 12.3. The zero-order valence-electron chi connectivity index (χ0n) is 12.3. The number of unbranched alkanes of at least 4 members (excludes halogenated alkanes) is 1. The highest BCUT2D eigenvalue weighted by Gasteiger charge is 2.19. The van der Waals surface area contributed by atoms with Crippen LogP contribution < -0.4 is 10.5 Å². The molecule has 0 fully saturated rings. The van der Waals surface area contributed by atoms with E-state index in [1.807, 2.05) is 0 Å². The van der Waals surface area contributed by atoms with Crippen LogP contribution in [0.5, 0.6) is 5.75 Å². The first-order valence-corrected chi connectivity index (χ1v) is 6.95. The fourth-order valence-corrected chi connectivity index (χ4v) is 1.94. The topological polar surface area (TPSA) is 35.2 Å². The Labute approximate surface area is 112 Å². The largest absolute Gasteiger partial charge is 0.493 e. The number of hydrogen-bond donors (Lipinski definition) is 1. The fraction of sp³-hybridized carbons (Fsp3) is 0.625. The first-order valence-electron chi connectivity index (χ1n) is 6.95. The number of rotatable bonds is 6. The van der Waals surface area contributed by atoms with Crippen molar-refractivity contribution in [1.29, 1.82) is 0 Å². The van der Waals surface area contributed by atoms with Crippen molar-refractivity contribution in [2.24, 2.45) is 5.73 Å². The fourth-order valence-electron chi connectivity index (χ4n) is 1.94. The molecule has 2 N–H and O–H groups in total. The summed E-state index contributed by atoms with van der Waals surface area (Å²) in [5.41, 5.74) is 8.28. The SMILES string of the molecule is CCc1ccc(OCCCCN)c(C(C)(C)C)c1. The predicted molar refractivity (Wildman–Crippen MR) is 78.3 cm³/mol. The molecule has 0 bridgehead atoms. The normalized spacial score (nSPS) is 11.6. The van der Waals surface area contributed by atoms with Crippen LogP contribution >= 0.6 is 0 Å². The molecular formula is C16H27NO. The molecule has 0 aliphatic rings. The summed E-state index contributed by atoms with van der Waals surface area (Å²) in [4.78, 5) is 0. The van der Waals surface area contributed by atoms with Gasteiger partial charge in [-0.15, -0.1) is 0 Å². The molecule has 0 aliphatic carbocycles. The van der Waals surface area contributed by atoms with E-state index in [-0.39, 0.29) is 5.41 Å². The molecule has 0 aromatic heterocycles. The number of hydrogen-bond acceptors (Lipinski definition) is 2. The Morgan fingerprint density at radius 3 is 2.44 bits per heavy atom. The molecule has 1 aromatic carbocycles. The number of ether oxygens (including phenoxy) is 1. The Bertz CT molecular complexity index is 366. The van der Waals surface area contributed by atoms with Crippen molar-refractivity contribution in [2.45, 2.75) is 52.4 Å². The van der Waals surface area contributed by atoms with Gasteiger partial charge >= 0.3 is 0 Å². The van der Waals surface area contributed by atoms with Gasteiger partial charge in [0.15, 0.2) is 0 Å². The zero-order chi connectivity index (χ0) is 13.6. The maximum Gasteiger partial charge on any atom is 0.123 e. The highest BCUT2D eigenvalue weighted by Crippen LogP contribution is 2.32. The molecule has 2 heteroatoms. The first-order chi connectivity index (χ1) is 8.49. The van der Waals surface area contributed by atoms with Gasteiger partial charge < -0.3 is 10.5 Å². The van der Waals surface area contributed by atoms with E-state index in [0.717, 1.165) is 38.2 Å². The average Bonchev–Trinajstić information content (AvgIpc) is 2.33. The minimum atomic E-state index is 0.119. The van der Waals surface area contributed by atoms with E-state index >= 15 is 0 Å². The van der Waals surface area contributed by atoms with E-state index < -0.39 is 0 Å². The smallest absolute Gasteiger partial charge is 0.123 e. The summed E-state index contributed by atoms with van der Waals surface area (Å²) in [5.74, 6) is 1.02. The van der Waals surface area contributed by atoms with Gasteiger partial charge in [-0.2, -0.15) is 0 Å². The third-order valence-corrected chi connectivity index (χ3v) is 3.12. The minimum Gasteiger partial charge on any atom is -0.493 e. The maximum atomic E-state index is 5.91. The molecule has 1 rings (SSSR count). The lowest BCUT2D eigenvalue weighted by Gasteiger charge is -2.23. The second-order valence-electron chi connectivity index (χ2n) is 5.78. The molecule has 1 aromatic rings. The predicted octanol–water partition coefficient (Wildman–Crippen LogP) is 3.66. The third-order valence-electron chi connectivity index (χ3n) is 3.12. The molecule has 2 nitrogen and oxygen atoms in total. The van der Waals surface area contributed by atoms with Gasteiger partial charge in [0.2, 0.25) is 0 Å². The van der Waals surface area contributed by atoms with Crippen LogP contribution in [-0.4, -0.2) is 13.2 Å². The lowest BCUT2D eigenvalue weighted by Crippen LogP contribution is -2.14. The third kappa shape index (κ3) is 4.34. The molecule has 18 heavy (non-hydrogen) atoms. The maximum absolute atomic E-state index is 5.91. The van der Waals surface area contributed by atoms with Crippen LogP contribution in [0.1, 0.15) is 51.7 Å². The lowest BCUT2D eigenvalue weighted by molar-refractivity contribution is 0.299. The van der Waals surface area contributed by atoms with E-state index in [1.165, 1.54) is 11.1 Å². The average molecular weight is 249 g/mol. The van der Waals surface area contributed by atoms with Gasteiger partial charge in [-0.05, 0) is 48.4 Å². The van der Waals surface area contributed by atoms with E-state index in [4.69, 9.17) is 10.5 Å². The van der Waals surface area contributed by atoms with Crippen LogP contribution in [0, 0.1) is 0 Å². The van der Waals surface area contributed by atoms with Crippen molar-refractivity contribution in [2.75, 3.05) is 13.2 Å². The van der Waals surface area contributed by atoms with Gasteiger partial charge in [-0.1, -0.05) is 39.8 Å². The van der Waals surface area contributed by atoms with Crippen LogP contribution in [0.15, 0.2) is 18.2 Å². The quantitative estimate of drug-likeness (QED) is 0.781. The molecule has 0 saturated carbocycles. The van der Waals surface area contributed by atoms with Crippen molar-refractivity contribution in [3.05, 3.63) is 29.3 Å². The molecule has 102 valence electrons. The van der Waals surface area contributed by atoms with Crippen molar-refractivity contribution in [1.82, 2.24) is 0 Å². The monoisotopic (exact) mass is 249 g/mol. The molecule has 0 aliphatic heterocycles. The van der Waals surface area contributed by atoms with Crippen LogP contribution in [0.2, 0.25) is 0 Å². The first kappa shape index (κ1) is 15.0. The highest BCUT2D eigenvalue weighted by molar-refractivity contribution is 5.41. The summed E-state index contributed by atoms with van der Waals surface area (Å²) in [6.45, 7) is 10.4. The van der Waals surface area contributed by atoms with Crippen molar-refractivity contribution in [3.8, 4) is 5.75 Å². The van der Waals surface area contributed by atoms with Gasteiger partial charge in [0.05, 0.1) is 6.61 Å². The van der Waals surface area contributed by atoms with Crippen molar-refractivity contribution >= 4 is 0 Å². The molecule has 0 atom stereocenters. The second kappa shape index (κ2) is 6.79. The van der Waals surface area contributed by atoms with E-state index in [0.29, 0.717) is 0 Å². The standard InChI is InChI=1S/C16H27NO/c1-5-13-8-9-15(18-11-7-6-10-17)14(12-13)16(2,3)4/h8-9,12H,5-7,10-11,17H2,1-4H3. The molecular weight excluding hydrogens is 222 g/mol. The number of aryl methyl sites for hydroxylation is 1. The van der Waals surface area contributed by atoms with Crippen LogP contribution in [0.4, 0.5) is 0 Å². The molecule has 0 saturated heterocycles. The lowest BCUT2D eigenvalue weighted by atomic mass is 9.85. The number of benzene rings is 1. The van der Waals surface area contributed by atoms with Gasteiger partial charge in [0, 0.05) is 0 Å². The summed E-state index contributed by atoms with van der Waals surface area (Å²) >= 11 is 0. The Kier molecular flexibility index (Phi) is 5.67. The molecule has 0 radical (unpaired) electrons. The Morgan fingerprint density at radius 1 is 1.17 bits per heavy atom. The van der Waals surface area contributed by atoms with Crippen molar-refractivity contribution in [3.63, 3.8) is 0 Å². The molecule has 0 unspecified atom stereocenters. The summed E-state index contributed by atoms with van der Waals surface area (Å²) in [7, 11) is 0. The van der Waals surface area contributed by atoms with E-state index in [2.05, 4.69) is 45.9 Å². The highest BCUT2D eigenvalue weighted by atomic mass is 16.5. The summed E-state index contributed by atoms with van der Waals surface area (Å²) in [5, 5.41) is 0. The number of nitrogens with two attached hydrogens (primary N) is 1. The minimum absolute atomic E-state index is 0.119. The van der Waals surface area contributed by atoms with Crippen LogP contribution in [0.3, 0.4) is 0 Å². The van der Waals surface area contributed by atoms with E-state index in [1.54, 1.807) is 0 Å². The van der Waals surface area contributed by atoms with Crippen molar-refractivity contribution < 1.29 is 4.74 Å². The molecule has 0 heterocycles. The van der Waals surface area contributed by atoms with Gasteiger partial charge in [-0.25, -0.2) is 0 Å². The second-order valence-corrected chi connectivity index (χ2v) is 5.78. The van der Waals surface area contributed by atoms with Gasteiger partial charge in [0.1, 0.15) is 5.75 Å². The summed E-state index contributed by atoms with van der Waals surface area (Å²) in [6, 6.07) is 6.55. The Balaban J connectivity index is 2.82. The Hall–Kier alpha value is -1.02. The summed E-state index contributed by atoms with van der Waals surface area (Å²) < 4.78 is 5.91. The van der Waals surface area contributed by atoms with E-state index in [9.17, 15) is 0 Å². The van der Waals surface area contributed by atoms with Gasteiger partial charge in [0.25, 0.3) is 0 Å². The van der Waals surface area contributed by atoms with Crippen LogP contribution in [0.25, 0.3) is 0 Å². The molecule has 0 spiro atoms. The molecule has 0 amide bonds. The van der Waals surface area contributed by atoms with Gasteiger partial charge in [-0.3, -0.25) is 0 Å². The summed E-state index contributed by atoms with van der Waals surface area (Å²) in [6.07, 6.45) is 3.12. The van der Waals surface area contributed by atoms with Crippen LogP contribution in [-0.2, 0) is 11.8 Å².